The minimum Gasteiger partial charge on any atom is -0.381 e. The molecule has 0 spiro atoms. The number of para-hydroxylation sites is 1. The van der Waals surface area contributed by atoms with E-state index in [0.717, 1.165) is 12.1 Å². The van der Waals surface area contributed by atoms with Gasteiger partial charge in [-0.25, -0.2) is 9.37 Å². The molecule has 10 heteroatoms. The van der Waals surface area contributed by atoms with Crippen molar-refractivity contribution in [2.24, 2.45) is 0 Å². The standard InChI is InChI=1S/C18H12F4N4O2/c19-13-2-1-3-14-16(13)26(9-24-14)8-15(27)17(28)25-11-5-4-10(7-23)12(6-11)18(20,21)22/h1-6,9,15,27H,8H2,(H,25,28)/t15-/m0/s1. The number of halogens is 4. The van der Waals surface area contributed by atoms with E-state index in [9.17, 15) is 27.5 Å². The minimum atomic E-state index is -4.78. The maximum atomic E-state index is 13.9. The zero-order valence-corrected chi connectivity index (χ0v) is 14.0. The third kappa shape index (κ3) is 3.79. The van der Waals surface area contributed by atoms with Crippen LogP contribution in [0, 0.1) is 17.1 Å². The molecule has 0 radical (unpaired) electrons. The molecule has 1 amide bonds. The van der Waals surface area contributed by atoms with Gasteiger partial charge < -0.3 is 15.0 Å². The lowest BCUT2D eigenvalue weighted by Crippen LogP contribution is -2.31. The zero-order valence-electron chi connectivity index (χ0n) is 14.0. The van der Waals surface area contributed by atoms with Crippen molar-refractivity contribution in [1.82, 2.24) is 9.55 Å². The molecule has 1 atom stereocenters. The number of alkyl halides is 3. The smallest absolute Gasteiger partial charge is 0.381 e. The molecule has 3 rings (SSSR count). The highest BCUT2D eigenvalue weighted by molar-refractivity contribution is 5.94. The number of rotatable bonds is 4. The summed E-state index contributed by atoms with van der Waals surface area (Å²) < 4.78 is 54.1. The van der Waals surface area contributed by atoms with Gasteiger partial charge in [-0.1, -0.05) is 6.07 Å². The van der Waals surface area contributed by atoms with E-state index in [1.54, 1.807) is 6.07 Å². The highest BCUT2D eigenvalue weighted by Crippen LogP contribution is 2.33. The molecule has 0 unspecified atom stereocenters. The van der Waals surface area contributed by atoms with Crippen molar-refractivity contribution in [1.29, 1.82) is 5.26 Å². The third-order valence-electron chi connectivity index (χ3n) is 3.97. The number of aliphatic hydroxyl groups is 1. The number of hydrogen-bond acceptors (Lipinski definition) is 4. The van der Waals surface area contributed by atoms with Gasteiger partial charge in [0, 0.05) is 5.69 Å². The maximum Gasteiger partial charge on any atom is 0.417 e. The summed E-state index contributed by atoms with van der Waals surface area (Å²) in [6.45, 7) is -0.355. The van der Waals surface area contributed by atoms with Crippen LogP contribution in [0.5, 0.6) is 0 Å². The van der Waals surface area contributed by atoms with Crippen molar-refractivity contribution in [2.45, 2.75) is 18.8 Å². The van der Waals surface area contributed by atoms with E-state index in [2.05, 4.69) is 10.3 Å². The average molecular weight is 392 g/mol. The number of amides is 1. The summed E-state index contributed by atoms with van der Waals surface area (Å²) in [6.07, 6.45) is -5.22. The maximum absolute atomic E-state index is 13.9. The normalized spacial score (nSPS) is 12.6. The molecule has 1 heterocycles. The number of nitrogens with one attached hydrogen (secondary N) is 1. The van der Waals surface area contributed by atoms with E-state index < -0.39 is 35.1 Å². The molecule has 144 valence electrons. The van der Waals surface area contributed by atoms with Crippen LogP contribution in [0.2, 0.25) is 0 Å². The van der Waals surface area contributed by atoms with Crippen LogP contribution >= 0.6 is 0 Å². The number of anilines is 1. The Labute approximate surface area is 155 Å². The second-order valence-electron chi connectivity index (χ2n) is 5.88. The summed E-state index contributed by atoms with van der Waals surface area (Å²) in [5, 5.41) is 21.0. The number of nitriles is 1. The Morgan fingerprint density at radius 3 is 2.75 bits per heavy atom. The van der Waals surface area contributed by atoms with Crippen LogP contribution in [-0.2, 0) is 17.5 Å². The van der Waals surface area contributed by atoms with Crippen molar-refractivity contribution in [3.63, 3.8) is 0 Å². The van der Waals surface area contributed by atoms with E-state index in [0.29, 0.717) is 11.6 Å². The molecule has 0 aliphatic heterocycles. The van der Waals surface area contributed by atoms with Crippen molar-refractivity contribution < 1.29 is 27.5 Å². The molecular formula is C18H12F4N4O2. The number of carbonyl (C=O) groups excluding carboxylic acids is 1. The average Bonchev–Trinajstić information content (AvgIpc) is 3.05. The SMILES string of the molecule is N#Cc1ccc(NC(=O)[C@@H](O)Cn2cnc3cccc(F)c32)cc1C(F)(F)F. The number of fused-ring (bicyclic) bond motifs is 1. The van der Waals surface area contributed by atoms with Gasteiger partial charge in [0.25, 0.3) is 5.91 Å². The second kappa shape index (κ2) is 7.28. The molecule has 0 saturated carbocycles. The highest BCUT2D eigenvalue weighted by atomic mass is 19.4. The van der Waals surface area contributed by atoms with Gasteiger partial charge in [-0.2, -0.15) is 18.4 Å². The summed E-state index contributed by atoms with van der Waals surface area (Å²) in [5.41, 5.74) is -1.62. The predicted molar refractivity (Wildman–Crippen MR) is 90.5 cm³/mol. The van der Waals surface area contributed by atoms with Crippen LogP contribution in [0.25, 0.3) is 11.0 Å². The summed E-state index contributed by atoms with van der Waals surface area (Å²) in [6, 6.07) is 8.28. The number of benzene rings is 2. The molecule has 6 nitrogen and oxygen atoms in total. The van der Waals surface area contributed by atoms with Crippen LogP contribution < -0.4 is 5.32 Å². The van der Waals surface area contributed by atoms with Gasteiger partial charge in [-0.15, -0.1) is 0 Å². The number of nitrogens with zero attached hydrogens (tertiary/aromatic N) is 3. The van der Waals surface area contributed by atoms with Crippen molar-refractivity contribution in [3.8, 4) is 6.07 Å². The lowest BCUT2D eigenvalue weighted by Gasteiger charge is -2.15. The largest absolute Gasteiger partial charge is 0.417 e. The fourth-order valence-electron chi connectivity index (χ4n) is 2.67. The summed E-state index contributed by atoms with van der Waals surface area (Å²) in [5.74, 6) is -1.58. The van der Waals surface area contributed by atoms with Crippen LogP contribution in [0.3, 0.4) is 0 Å². The molecule has 0 bridgehead atoms. The van der Waals surface area contributed by atoms with Crippen molar-refractivity contribution in [2.75, 3.05) is 5.32 Å². The first-order valence-electron chi connectivity index (χ1n) is 7.90. The van der Waals surface area contributed by atoms with Gasteiger partial charge in [0.05, 0.1) is 35.6 Å². The lowest BCUT2D eigenvalue weighted by atomic mass is 10.1. The van der Waals surface area contributed by atoms with E-state index in [4.69, 9.17) is 5.26 Å². The molecule has 2 aromatic carbocycles. The predicted octanol–water partition coefficient (Wildman–Crippen LogP) is 3.07. The molecule has 3 aromatic rings. The summed E-state index contributed by atoms with van der Waals surface area (Å²) in [4.78, 5) is 16.1. The van der Waals surface area contributed by atoms with Gasteiger partial charge >= 0.3 is 6.18 Å². The van der Waals surface area contributed by atoms with Gasteiger partial charge in [-0.3, -0.25) is 4.79 Å². The monoisotopic (exact) mass is 392 g/mol. The Balaban J connectivity index is 1.78. The zero-order chi connectivity index (χ0) is 20.5. The number of carbonyl (C=O) groups is 1. The van der Waals surface area contributed by atoms with Gasteiger partial charge in [0.2, 0.25) is 0 Å². The van der Waals surface area contributed by atoms with E-state index >= 15 is 0 Å². The first-order valence-corrected chi connectivity index (χ1v) is 7.90. The minimum absolute atomic E-state index is 0.0899. The molecule has 0 aliphatic carbocycles. The fraction of sp³-hybridized carbons (Fsp3) is 0.167. The van der Waals surface area contributed by atoms with Crippen molar-refractivity contribution >= 4 is 22.6 Å². The Hall–Kier alpha value is -3.45. The van der Waals surface area contributed by atoms with Crippen LogP contribution in [0.4, 0.5) is 23.2 Å². The van der Waals surface area contributed by atoms with Crippen molar-refractivity contribution in [3.05, 3.63) is 59.7 Å². The second-order valence-corrected chi connectivity index (χ2v) is 5.88. The Morgan fingerprint density at radius 2 is 2.07 bits per heavy atom. The first-order chi connectivity index (χ1) is 13.2. The van der Waals surface area contributed by atoms with E-state index in [-0.39, 0.29) is 17.7 Å². The Morgan fingerprint density at radius 1 is 1.32 bits per heavy atom. The van der Waals surface area contributed by atoms with E-state index in [1.807, 2.05) is 0 Å². The van der Waals surface area contributed by atoms with Crippen LogP contribution in [0.15, 0.2) is 42.7 Å². The van der Waals surface area contributed by atoms with Gasteiger partial charge in [0.1, 0.15) is 11.3 Å². The van der Waals surface area contributed by atoms with Gasteiger partial charge in [0.15, 0.2) is 6.10 Å². The molecule has 1 aromatic heterocycles. The van der Waals surface area contributed by atoms with Crippen LogP contribution in [-0.4, -0.2) is 26.7 Å². The quantitative estimate of drug-likeness (QED) is 0.668. The fourth-order valence-corrected chi connectivity index (χ4v) is 2.67. The highest BCUT2D eigenvalue weighted by Gasteiger charge is 2.34. The number of imidazole rings is 1. The molecule has 0 saturated heterocycles. The summed E-state index contributed by atoms with van der Waals surface area (Å²) >= 11 is 0. The number of aliphatic hydroxyl groups excluding tert-OH is 1. The molecule has 2 N–H and O–H groups in total. The third-order valence-corrected chi connectivity index (χ3v) is 3.97. The number of hydrogen-bond donors (Lipinski definition) is 2. The molecular weight excluding hydrogens is 380 g/mol. The summed E-state index contributed by atoms with van der Waals surface area (Å²) in [7, 11) is 0. The lowest BCUT2D eigenvalue weighted by molar-refractivity contribution is -0.137. The molecule has 0 aliphatic rings. The number of aromatic nitrogens is 2. The first kappa shape index (κ1) is 19.3. The molecule has 0 fully saturated rings. The Kier molecular flexibility index (Phi) is 5.02. The molecule has 28 heavy (non-hydrogen) atoms. The van der Waals surface area contributed by atoms with Gasteiger partial charge in [-0.05, 0) is 30.3 Å². The van der Waals surface area contributed by atoms with E-state index in [1.165, 1.54) is 29.1 Å². The van der Waals surface area contributed by atoms with Crippen LogP contribution in [0.1, 0.15) is 11.1 Å². The Bertz CT molecular complexity index is 1090. The topological polar surface area (TPSA) is 90.9 Å².